The van der Waals surface area contributed by atoms with Crippen molar-refractivity contribution in [2.75, 3.05) is 5.32 Å². The largest absolute Gasteiger partial charge is 0.353 e. The van der Waals surface area contributed by atoms with E-state index in [-0.39, 0.29) is 5.82 Å². The maximum absolute atomic E-state index is 13.0. The minimum atomic E-state index is -0.295. The summed E-state index contributed by atoms with van der Waals surface area (Å²) in [6.45, 7) is 4.00. The van der Waals surface area contributed by atoms with E-state index in [2.05, 4.69) is 20.3 Å². The van der Waals surface area contributed by atoms with Crippen molar-refractivity contribution < 1.29 is 14.0 Å². The van der Waals surface area contributed by atoms with Gasteiger partial charge in [-0.3, -0.25) is 4.40 Å². The van der Waals surface area contributed by atoms with E-state index in [1.54, 1.807) is 30.7 Å². The van der Waals surface area contributed by atoms with E-state index in [0.29, 0.717) is 16.6 Å². The second-order valence-corrected chi connectivity index (χ2v) is 5.49. The van der Waals surface area contributed by atoms with E-state index in [9.17, 15) is 4.39 Å². The zero-order chi connectivity index (χ0) is 20.5. The highest BCUT2D eigenvalue weighted by molar-refractivity contribution is 6.32. The molecule has 0 fully saturated rings. The predicted molar refractivity (Wildman–Crippen MR) is 105 cm³/mol. The summed E-state index contributed by atoms with van der Waals surface area (Å²) in [5.41, 5.74) is 3.03. The van der Waals surface area contributed by atoms with Crippen molar-refractivity contribution in [3.63, 3.8) is 0 Å². The number of pyridine rings is 1. The van der Waals surface area contributed by atoms with Gasteiger partial charge >= 0.3 is 0 Å². The minimum absolute atomic E-state index is 0.295. The first-order valence-corrected chi connectivity index (χ1v) is 8.13. The molecule has 0 unspecified atom stereocenters. The number of hydrogen-bond donors (Lipinski definition) is 1. The normalized spacial score (nSPS) is 9.64. The minimum Gasteiger partial charge on any atom is -0.353 e. The Labute approximate surface area is 164 Å². The number of rotatable bonds is 3. The van der Waals surface area contributed by atoms with Gasteiger partial charge in [0, 0.05) is 29.8 Å². The number of hydrogen-bond acceptors (Lipinski definition) is 6. The molecule has 0 aliphatic carbocycles. The van der Waals surface area contributed by atoms with E-state index in [0.717, 1.165) is 16.9 Å². The highest BCUT2D eigenvalue weighted by Gasteiger charge is 2.10. The van der Waals surface area contributed by atoms with Gasteiger partial charge in [-0.25, -0.2) is 19.3 Å². The van der Waals surface area contributed by atoms with Crippen LogP contribution in [0.15, 0.2) is 61.2 Å². The van der Waals surface area contributed by atoms with E-state index in [4.69, 9.17) is 21.2 Å². The molecule has 142 valence electrons. The van der Waals surface area contributed by atoms with Crippen LogP contribution >= 0.6 is 11.6 Å². The van der Waals surface area contributed by atoms with Gasteiger partial charge in [0.05, 0.1) is 17.6 Å². The molecule has 3 heterocycles. The van der Waals surface area contributed by atoms with E-state index in [1.807, 2.05) is 36.3 Å². The molecule has 0 saturated carbocycles. The van der Waals surface area contributed by atoms with Crippen molar-refractivity contribution in [1.82, 2.24) is 19.4 Å². The molecule has 28 heavy (non-hydrogen) atoms. The van der Waals surface area contributed by atoms with Crippen LogP contribution in [0.25, 0.3) is 17.0 Å². The molecule has 3 aromatic heterocycles. The Morgan fingerprint density at radius 2 is 1.71 bits per heavy atom. The summed E-state index contributed by atoms with van der Waals surface area (Å²) >= 11 is 6.17. The van der Waals surface area contributed by atoms with Gasteiger partial charge in [0.25, 0.3) is 0 Å². The maximum atomic E-state index is 13.0. The van der Waals surface area contributed by atoms with Crippen LogP contribution in [0.1, 0.15) is 0 Å². The standard InChI is InChI=1S/C17H11ClFN5.2CH2O/c18-16-14(23-13-4-2-12(19)3-5-13)8-11(9-21-16)15-10-22-17-20-6-1-7-24(15)17;2*1-2/h1-10,23H;2*1H2. The van der Waals surface area contributed by atoms with Crippen LogP contribution in [-0.2, 0) is 9.59 Å². The molecule has 0 bridgehead atoms. The average molecular weight is 400 g/mol. The lowest BCUT2D eigenvalue weighted by Gasteiger charge is -2.10. The Kier molecular flexibility index (Phi) is 7.29. The number of halogens is 2. The second kappa shape index (κ2) is 9.89. The summed E-state index contributed by atoms with van der Waals surface area (Å²) in [6.07, 6.45) is 6.98. The molecule has 1 aromatic carbocycles. The van der Waals surface area contributed by atoms with Crippen molar-refractivity contribution in [1.29, 1.82) is 0 Å². The van der Waals surface area contributed by atoms with Gasteiger partial charge in [0.1, 0.15) is 19.4 Å². The lowest BCUT2D eigenvalue weighted by Crippen LogP contribution is -1.95. The first-order chi connectivity index (χ1) is 13.7. The second-order valence-electron chi connectivity index (χ2n) is 5.13. The molecule has 0 amide bonds. The van der Waals surface area contributed by atoms with Crippen LogP contribution in [0.3, 0.4) is 0 Å². The number of nitrogens with zero attached hydrogens (tertiary/aromatic N) is 4. The van der Waals surface area contributed by atoms with E-state index >= 15 is 0 Å². The van der Waals surface area contributed by atoms with Crippen molar-refractivity contribution in [3.8, 4) is 11.3 Å². The molecule has 9 heteroatoms. The first-order valence-electron chi connectivity index (χ1n) is 7.75. The Hall–Kier alpha value is -3.65. The maximum Gasteiger partial charge on any atom is 0.234 e. The van der Waals surface area contributed by atoms with Gasteiger partial charge in [0.15, 0.2) is 5.15 Å². The fourth-order valence-corrected chi connectivity index (χ4v) is 2.56. The van der Waals surface area contributed by atoms with Crippen molar-refractivity contribution >= 4 is 42.3 Å². The summed E-state index contributed by atoms with van der Waals surface area (Å²) in [6, 6.07) is 9.73. The number of carbonyl (C=O) groups excluding carboxylic acids is 2. The number of carbonyl (C=O) groups is 2. The molecular weight excluding hydrogens is 385 g/mol. The molecule has 4 aromatic rings. The molecule has 0 aliphatic heterocycles. The third-order valence-electron chi connectivity index (χ3n) is 3.55. The molecule has 1 N–H and O–H groups in total. The highest BCUT2D eigenvalue weighted by atomic mass is 35.5. The summed E-state index contributed by atoms with van der Waals surface area (Å²) < 4.78 is 14.9. The molecule has 4 rings (SSSR count). The van der Waals surface area contributed by atoms with Gasteiger partial charge < -0.3 is 14.9 Å². The number of benzene rings is 1. The Bertz CT molecular complexity index is 1050. The third-order valence-corrected chi connectivity index (χ3v) is 3.85. The van der Waals surface area contributed by atoms with Crippen LogP contribution in [0.2, 0.25) is 5.15 Å². The fourth-order valence-electron chi connectivity index (χ4n) is 2.41. The molecular formula is C19H15ClFN5O2. The highest BCUT2D eigenvalue weighted by Crippen LogP contribution is 2.29. The van der Waals surface area contributed by atoms with Crippen molar-refractivity contribution in [2.45, 2.75) is 0 Å². The van der Waals surface area contributed by atoms with E-state index in [1.165, 1.54) is 12.1 Å². The van der Waals surface area contributed by atoms with Crippen LogP contribution in [-0.4, -0.2) is 32.9 Å². The van der Waals surface area contributed by atoms with Crippen LogP contribution in [0.4, 0.5) is 15.8 Å². The van der Waals surface area contributed by atoms with Crippen molar-refractivity contribution in [3.05, 3.63) is 72.2 Å². The lowest BCUT2D eigenvalue weighted by atomic mass is 10.2. The zero-order valence-corrected chi connectivity index (χ0v) is 15.3. The monoisotopic (exact) mass is 399 g/mol. The van der Waals surface area contributed by atoms with Gasteiger partial charge in [0.2, 0.25) is 5.78 Å². The summed E-state index contributed by atoms with van der Waals surface area (Å²) in [5.74, 6) is 0.312. The number of imidazole rings is 1. The SMILES string of the molecule is C=O.C=O.Fc1ccc(Nc2cc(-c3cnc4ncccn34)cnc2Cl)cc1. The number of aromatic nitrogens is 4. The zero-order valence-electron chi connectivity index (χ0n) is 14.5. The number of anilines is 2. The molecule has 0 spiro atoms. The Morgan fingerprint density at radius 3 is 2.43 bits per heavy atom. The topological polar surface area (TPSA) is 89.2 Å². The van der Waals surface area contributed by atoms with Crippen molar-refractivity contribution in [2.24, 2.45) is 0 Å². The molecule has 0 atom stereocenters. The average Bonchev–Trinajstić information content (AvgIpc) is 3.18. The summed E-state index contributed by atoms with van der Waals surface area (Å²) in [5, 5.41) is 3.47. The number of nitrogens with one attached hydrogen (secondary N) is 1. The van der Waals surface area contributed by atoms with Crippen LogP contribution in [0.5, 0.6) is 0 Å². The Morgan fingerprint density at radius 1 is 1.00 bits per heavy atom. The Balaban J connectivity index is 0.000000660. The quantitative estimate of drug-likeness (QED) is 0.524. The van der Waals surface area contributed by atoms with Gasteiger partial charge in [-0.15, -0.1) is 0 Å². The van der Waals surface area contributed by atoms with Gasteiger partial charge in [-0.1, -0.05) is 11.6 Å². The van der Waals surface area contributed by atoms with Gasteiger partial charge in [-0.05, 0) is 36.4 Å². The molecule has 0 aliphatic rings. The molecule has 0 saturated heterocycles. The summed E-state index contributed by atoms with van der Waals surface area (Å²) in [7, 11) is 0. The predicted octanol–water partition coefficient (Wildman–Crippen LogP) is 3.96. The van der Waals surface area contributed by atoms with Crippen LogP contribution in [0, 0.1) is 5.82 Å². The summed E-state index contributed by atoms with van der Waals surface area (Å²) in [4.78, 5) is 28.7. The molecule has 0 radical (unpaired) electrons. The lowest BCUT2D eigenvalue weighted by molar-refractivity contribution is -0.0987. The fraction of sp³-hybridized carbons (Fsp3) is 0. The van der Waals surface area contributed by atoms with Gasteiger partial charge in [-0.2, -0.15) is 0 Å². The van der Waals surface area contributed by atoms with E-state index < -0.39 is 0 Å². The molecule has 7 nitrogen and oxygen atoms in total. The smallest absolute Gasteiger partial charge is 0.234 e. The first kappa shape index (κ1) is 20.7. The van der Waals surface area contributed by atoms with Crippen LogP contribution < -0.4 is 5.32 Å². The third kappa shape index (κ3) is 4.54. The number of fused-ring (bicyclic) bond motifs is 1.